The summed E-state index contributed by atoms with van der Waals surface area (Å²) in [5, 5.41) is 4.73. The van der Waals surface area contributed by atoms with Crippen molar-refractivity contribution >= 4 is 49.8 Å². The SMILES string of the molecule is c1ccc(-c2ccc(-c3ccc(N(c4cccc(-c5cccc6ccccc56)c4)c4ccccc4-c4ccc5c(c4)oc4ccccc45)cc3)cc2)cc1. The predicted octanol–water partition coefficient (Wildman–Crippen LogP) is 14.9. The highest BCUT2D eigenvalue weighted by Crippen LogP contribution is 2.44. The average Bonchev–Trinajstić information content (AvgIpc) is 3.63. The van der Waals surface area contributed by atoms with Gasteiger partial charge in [-0.2, -0.15) is 0 Å². The van der Waals surface area contributed by atoms with Gasteiger partial charge in [-0.3, -0.25) is 0 Å². The van der Waals surface area contributed by atoms with Gasteiger partial charge >= 0.3 is 0 Å². The maximum absolute atomic E-state index is 6.36. The van der Waals surface area contributed by atoms with Crippen molar-refractivity contribution in [3.63, 3.8) is 0 Å². The summed E-state index contributed by atoms with van der Waals surface area (Å²) in [6, 6.07) is 75.9. The maximum atomic E-state index is 6.36. The lowest BCUT2D eigenvalue weighted by Gasteiger charge is -2.28. The molecule has 2 nitrogen and oxygen atoms in total. The van der Waals surface area contributed by atoms with Crippen molar-refractivity contribution in [1.82, 2.24) is 0 Å². The molecule has 0 bridgehead atoms. The van der Waals surface area contributed by atoms with E-state index in [0.29, 0.717) is 0 Å². The Balaban J connectivity index is 1.10. The molecule has 1 heterocycles. The molecule has 0 spiro atoms. The Labute approximate surface area is 314 Å². The smallest absolute Gasteiger partial charge is 0.136 e. The molecule has 10 rings (SSSR count). The van der Waals surface area contributed by atoms with Crippen molar-refractivity contribution in [1.29, 1.82) is 0 Å². The molecule has 0 radical (unpaired) electrons. The van der Waals surface area contributed by atoms with Gasteiger partial charge in [0.05, 0.1) is 5.69 Å². The van der Waals surface area contributed by atoms with E-state index in [9.17, 15) is 0 Å². The topological polar surface area (TPSA) is 16.4 Å². The molecule has 0 aliphatic heterocycles. The largest absolute Gasteiger partial charge is 0.456 e. The van der Waals surface area contributed by atoms with Crippen LogP contribution in [0.2, 0.25) is 0 Å². The highest BCUT2D eigenvalue weighted by molar-refractivity contribution is 6.06. The first kappa shape index (κ1) is 31.6. The third kappa shape index (κ3) is 5.71. The standard InChI is InChI=1S/C52H35NO/c1-2-12-36(13-3-1)37-24-26-38(27-25-37)39-28-31-43(32-29-39)53(44-17-10-16-41(34-44)46-21-11-15-40-14-4-5-18-45(40)46)50-22-8-6-19-47(50)42-30-33-49-48-20-7-9-23-51(48)54-52(49)35-42/h1-35H. The Morgan fingerprint density at radius 1 is 0.296 bits per heavy atom. The van der Waals surface area contributed by atoms with Crippen LogP contribution in [-0.2, 0) is 0 Å². The molecule has 0 saturated heterocycles. The van der Waals surface area contributed by atoms with Crippen molar-refractivity contribution in [3.05, 3.63) is 212 Å². The molecular formula is C52H35NO. The lowest BCUT2D eigenvalue weighted by molar-refractivity contribution is 0.669. The van der Waals surface area contributed by atoms with Gasteiger partial charge in [0.15, 0.2) is 0 Å². The molecule has 0 unspecified atom stereocenters. The fourth-order valence-electron chi connectivity index (χ4n) is 7.81. The number of fused-ring (bicyclic) bond motifs is 4. The molecule has 10 aromatic rings. The number of nitrogens with zero attached hydrogens (tertiary/aromatic N) is 1. The molecule has 0 amide bonds. The van der Waals surface area contributed by atoms with E-state index in [-0.39, 0.29) is 0 Å². The quantitative estimate of drug-likeness (QED) is 0.166. The van der Waals surface area contributed by atoms with Gasteiger partial charge in [0.1, 0.15) is 11.2 Å². The maximum Gasteiger partial charge on any atom is 0.136 e. The molecular weight excluding hydrogens is 655 g/mol. The van der Waals surface area contributed by atoms with Gasteiger partial charge in [0.2, 0.25) is 0 Å². The van der Waals surface area contributed by atoms with E-state index in [1.54, 1.807) is 0 Å². The zero-order chi connectivity index (χ0) is 35.8. The fraction of sp³-hybridized carbons (Fsp3) is 0. The summed E-state index contributed by atoms with van der Waals surface area (Å²) in [6.07, 6.45) is 0. The van der Waals surface area contributed by atoms with Crippen molar-refractivity contribution < 1.29 is 4.42 Å². The van der Waals surface area contributed by atoms with Crippen LogP contribution in [0.4, 0.5) is 17.1 Å². The zero-order valence-electron chi connectivity index (χ0n) is 29.6. The Hall–Kier alpha value is -7.16. The van der Waals surface area contributed by atoms with Crippen LogP contribution in [0.25, 0.3) is 77.2 Å². The van der Waals surface area contributed by atoms with Crippen molar-refractivity contribution in [2.75, 3.05) is 4.90 Å². The van der Waals surface area contributed by atoms with Gasteiger partial charge in [-0.25, -0.2) is 0 Å². The van der Waals surface area contributed by atoms with Crippen LogP contribution in [0.5, 0.6) is 0 Å². The van der Waals surface area contributed by atoms with Gasteiger partial charge in [-0.15, -0.1) is 0 Å². The van der Waals surface area contributed by atoms with E-state index in [1.807, 2.05) is 12.1 Å². The van der Waals surface area contributed by atoms with Gasteiger partial charge in [0.25, 0.3) is 0 Å². The summed E-state index contributed by atoms with van der Waals surface area (Å²) >= 11 is 0. The number of anilines is 3. The molecule has 1 aromatic heterocycles. The Kier molecular flexibility index (Phi) is 7.85. The minimum atomic E-state index is 0.885. The number of hydrogen-bond acceptors (Lipinski definition) is 2. The van der Waals surface area contributed by atoms with E-state index >= 15 is 0 Å². The number of hydrogen-bond donors (Lipinski definition) is 0. The summed E-state index contributed by atoms with van der Waals surface area (Å²) < 4.78 is 6.36. The third-order valence-corrected chi connectivity index (χ3v) is 10.5. The average molecular weight is 690 g/mol. The van der Waals surface area contributed by atoms with Gasteiger partial charge < -0.3 is 9.32 Å². The Morgan fingerprint density at radius 3 is 1.65 bits per heavy atom. The van der Waals surface area contributed by atoms with Crippen LogP contribution in [-0.4, -0.2) is 0 Å². The van der Waals surface area contributed by atoms with E-state index in [1.165, 1.54) is 44.2 Å². The number of rotatable bonds is 7. The lowest BCUT2D eigenvalue weighted by atomic mass is 9.97. The fourth-order valence-corrected chi connectivity index (χ4v) is 7.81. The molecule has 0 aliphatic rings. The number of furan rings is 1. The summed E-state index contributed by atoms with van der Waals surface area (Å²) in [6.45, 7) is 0. The first-order chi connectivity index (χ1) is 26.8. The summed E-state index contributed by atoms with van der Waals surface area (Å²) in [5.41, 5.74) is 14.4. The molecule has 0 aliphatic carbocycles. The summed E-state index contributed by atoms with van der Waals surface area (Å²) in [4.78, 5) is 2.38. The van der Waals surface area contributed by atoms with E-state index in [2.05, 4.69) is 205 Å². The molecule has 0 saturated carbocycles. The van der Waals surface area contributed by atoms with Crippen LogP contribution >= 0.6 is 0 Å². The van der Waals surface area contributed by atoms with E-state index in [0.717, 1.165) is 50.1 Å². The summed E-state index contributed by atoms with van der Waals surface area (Å²) in [5.74, 6) is 0. The molecule has 2 heteroatoms. The van der Waals surface area contributed by atoms with Gasteiger partial charge in [-0.1, -0.05) is 164 Å². The van der Waals surface area contributed by atoms with E-state index in [4.69, 9.17) is 4.42 Å². The normalized spacial score (nSPS) is 11.3. The minimum Gasteiger partial charge on any atom is -0.456 e. The Bertz CT molecular complexity index is 2920. The molecule has 254 valence electrons. The summed E-state index contributed by atoms with van der Waals surface area (Å²) in [7, 11) is 0. The third-order valence-electron chi connectivity index (χ3n) is 10.5. The van der Waals surface area contributed by atoms with Crippen LogP contribution in [0, 0.1) is 0 Å². The van der Waals surface area contributed by atoms with Crippen molar-refractivity contribution in [2.45, 2.75) is 0 Å². The number of para-hydroxylation sites is 2. The highest BCUT2D eigenvalue weighted by Gasteiger charge is 2.19. The van der Waals surface area contributed by atoms with Crippen LogP contribution < -0.4 is 4.90 Å². The highest BCUT2D eigenvalue weighted by atomic mass is 16.3. The molecule has 54 heavy (non-hydrogen) atoms. The molecule has 0 fully saturated rings. The van der Waals surface area contributed by atoms with Crippen LogP contribution in [0.1, 0.15) is 0 Å². The lowest BCUT2D eigenvalue weighted by Crippen LogP contribution is -2.11. The number of benzene rings is 9. The second-order valence-corrected chi connectivity index (χ2v) is 13.7. The first-order valence-corrected chi connectivity index (χ1v) is 18.4. The first-order valence-electron chi connectivity index (χ1n) is 18.4. The second-order valence-electron chi connectivity index (χ2n) is 13.7. The van der Waals surface area contributed by atoms with Crippen LogP contribution in [0.15, 0.2) is 217 Å². The molecule has 9 aromatic carbocycles. The van der Waals surface area contributed by atoms with Crippen molar-refractivity contribution in [3.8, 4) is 44.5 Å². The monoisotopic (exact) mass is 689 g/mol. The van der Waals surface area contributed by atoms with E-state index < -0.39 is 0 Å². The van der Waals surface area contributed by atoms with Crippen LogP contribution in [0.3, 0.4) is 0 Å². The molecule has 0 atom stereocenters. The Morgan fingerprint density at radius 2 is 0.833 bits per heavy atom. The minimum absolute atomic E-state index is 0.885. The second kappa shape index (κ2) is 13.4. The van der Waals surface area contributed by atoms with Gasteiger partial charge in [-0.05, 0) is 98.2 Å². The molecule has 0 N–H and O–H groups in total. The van der Waals surface area contributed by atoms with Gasteiger partial charge in [0, 0.05) is 27.7 Å². The van der Waals surface area contributed by atoms with Crippen molar-refractivity contribution in [2.24, 2.45) is 0 Å². The predicted molar refractivity (Wildman–Crippen MR) is 228 cm³/mol. The zero-order valence-corrected chi connectivity index (χ0v) is 29.6.